The smallest absolute Gasteiger partial charge is 0.309 e. The third-order valence-corrected chi connectivity index (χ3v) is 2.58. The molecule has 0 aromatic heterocycles. The summed E-state index contributed by atoms with van der Waals surface area (Å²) in [6, 6.07) is 0. The molecule has 1 rings (SSSR count). The van der Waals surface area contributed by atoms with Crippen LogP contribution in [0, 0.1) is 5.92 Å². The highest BCUT2D eigenvalue weighted by Crippen LogP contribution is 2.31. The average molecular weight is 212 g/mol. The molecule has 1 unspecified atom stereocenters. The molecule has 0 aliphatic carbocycles. The van der Waals surface area contributed by atoms with Crippen molar-refractivity contribution < 1.29 is 14.3 Å². The minimum atomic E-state index is -1.50. The monoisotopic (exact) mass is 211 g/mol. The number of halogens is 2. The largest absolute Gasteiger partial charge is 0.481 e. The molecule has 78 valence electrons. The Morgan fingerprint density at radius 2 is 2.00 bits per heavy atom. The summed E-state index contributed by atoms with van der Waals surface area (Å²) >= 11 is 0. The second-order valence-corrected chi connectivity index (χ2v) is 3.34. The lowest BCUT2D eigenvalue weighted by Crippen LogP contribution is -2.45. The third-order valence-electron chi connectivity index (χ3n) is 2.58. The highest BCUT2D eigenvalue weighted by atomic mass is 35.5. The van der Waals surface area contributed by atoms with E-state index in [1.54, 1.807) is 0 Å². The number of rotatable bonds is 2. The van der Waals surface area contributed by atoms with Gasteiger partial charge in [0.05, 0.1) is 5.92 Å². The van der Waals surface area contributed by atoms with Crippen molar-refractivity contribution in [2.75, 3.05) is 13.1 Å². The lowest BCUT2D eigenvalue weighted by atomic mass is 9.83. The van der Waals surface area contributed by atoms with Crippen LogP contribution in [0.4, 0.5) is 4.39 Å². The minimum absolute atomic E-state index is 0. The fourth-order valence-electron chi connectivity index (χ4n) is 1.50. The molecule has 1 fully saturated rings. The van der Waals surface area contributed by atoms with Crippen LogP contribution in [0.3, 0.4) is 0 Å². The summed E-state index contributed by atoms with van der Waals surface area (Å²) in [5.74, 6) is -1.93. The Kier molecular flexibility index (Phi) is 4.64. The van der Waals surface area contributed by atoms with Crippen LogP contribution in [0.1, 0.15) is 19.8 Å². The third kappa shape index (κ3) is 2.81. The lowest BCUT2D eigenvalue weighted by molar-refractivity contribution is -0.147. The summed E-state index contributed by atoms with van der Waals surface area (Å²) in [5.41, 5.74) is -1.50. The number of carboxylic acids is 1. The maximum atomic E-state index is 13.8. The van der Waals surface area contributed by atoms with Crippen molar-refractivity contribution in [3.8, 4) is 0 Å². The molecule has 5 heteroatoms. The molecule has 1 atom stereocenters. The zero-order chi connectivity index (χ0) is 9.19. The van der Waals surface area contributed by atoms with Gasteiger partial charge in [0.25, 0.3) is 0 Å². The number of nitrogens with one attached hydrogen (secondary N) is 1. The van der Waals surface area contributed by atoms with Crippen LogP contribution in [-0.4, -0.2) is 29.8 Å². The first-order valence-corrected chi connectivity index (χ1v) is 4.19. The van der Waals surface area contributed by atoms with Crippen LogP contribution in [-0.2, 0) is 4.79 Å². The van der Waals surface area contributed by atoms with Crippen LogP contribution in [0.25, 0.3) is 0 Å². The van der Waals surface area contributed by atoms with E-state index >= 15 is 0 Å². The highest BCUT2D eigenvalue weighted by Gasteiger charge is 2.41. The summed E-state index contributed by atoms with van der Waals surface area (Å²) in [6.07, 6.45) is 0.612. The second kappa shape index (κ2) is 4.77. The molecule has 0 aromatic rings. The molecule has 0 radical (unpaired) electrons. The Morgan fingerprint density at radius 3 is 2.38 bits per heavy atom. The van der Waals surface area contributed by atoms with Crippen molar-refractivity contribution >= 4 is 18.4 Å². The molecule has 0 spiro atoms. The quantitative estimate of drug-likeness (QED) is 0.722. The van der Waals surface area contributed by atoms with Gasteiger partial charge in [-0.05, 0) is 32.9 Å². The Morgan fingerprint density at radius 1 is 1.54 bits per heavy atom. The van der Waals surface area contributed by atoms with E-state index in [2.05, 4.69) is 5.32 Å². The van der Waals surface area contributed by atoms with Crippen molar-refractivity contribution in [1.82, 2.24) is 5.32 Å². The number of carbonyl (C=O) groups is 1. The van der Waals surface area contributed by atoms with Crippen LogP contribution in [0.2, 0.25) is 0 Å². The van der Waals surface area contributed by atoms with E-state index in [1.807, 2.05) is 0 Å². The van der Waals surface area contributed by atoms with Gasteiger partial charge in [-0.1, -0.05) is 0 Å². The van der Waals surface area contributed by atoms with Crippen molar-refractivity contribution in [3.63, 3.8) is 0 Å². The van der Waals surface area contributed by atoms with Crippen molar-refractivity contribution in [1.29, 1.82) is 0 Å². The van der Waals surface area contributed by atoms with Gasteiger partial charge >= 0.3 is 5.97 Å². The van der Waals surface area contributed by atoms with Gasteiger partial charge in [-0.3, -0.25) is 4.79 Å². The Balaban J connectivity index is 0.00000144. The number of hydrogen-bond acceptors (Lipinski definition) is 2. The van der Waals surface area contributed by atoms with Gasteiger partial charge in [-0.2, -0.15) is 0 Å². The van der Waals surface area contributed by atoms with Crippen molar-refractivity contribution in [2.45, 2.75) is 25.4 Å². The van der Waals surface area contributed by atoms with E-state index in [9.17, 15) is 9.18 Å². The first-order valence-electron chi connectivity index (χ1n) is 4.19. The van der Waals surface area contributed by atoms with Gasteiger partial charge in [0.1, 0.15) is 5.67 Å². The maximum absolute atomic E-state index is 13.8. The fourth-order valence-corrected chi connectivity index (χ4v) is 1.50. The predicted octanol–water partition coefficient (Wildman–Crippen LogP) is 1.22. The second-order valence-electron chi connectivity index (χ2n) is 3.34. The molecular formula is C8H15ClFNO2. The molecule has 0 bridgehead atoms. The number of alkyl halides is 1. The van der Waals surface area contributed by atoms with Gasteiger partial charge < -0.3 is 10.4 Å². The van der Waals surface area contributed by atoms with E-state index in [0.717, 1.165) is 0 Å². The van der Waals surface area contributed by atoms with E-state index in [-0.39, 0.29) is 12.4 Å². The van der Waals surface area contributed by atoms with E-state index in [1.165, 1.54) is 6.92 Å². The summed E-state index contributed by atoms with van der Waals surface area (Å²) in [5, 5.41) is 11.6. The fraction of sp³-hybridized carbons (Fsp3) is 0.875. The van der Waals surface area contributed by atoms with Gasteiger partial charge in [0.2, 0.25) is 0 Å². The van der Waals surface area contributed by atoms with Gasteiger partial charge in [-0.25, -0.2) is 4.39 Å². The topological polar surface area (TPSA) is 49.3 Å². The zero-order valence-electron chi connectivity index (χ0n) is 7.55. The molecule has 0 aromatic carbocycles. The Bertz CT molecular complexity index is 183. The summed E-state index contributed by atoms with van der Waals surface area (Å²) < 4.78 is 13.8. The van der Waals surface area contributed by atoms with Crippen LogP contribution in [0.15, 0.2) is 0 Å². The maximum Gasteiger partial charge on any atom is 0.309 e. The predicted molar refractivity (Wildman–Crippen MR) is 50.0 cm³/mol. The standard InChI is InChI=1S/C8H14FNO2.ClH/c1-6(7(11)12)8(9)2-4-10-5-3-8;/h6,10H,2-5H2,1H3,(H,11,12);1H. The Hall–Kier alpha value is -0.350. The molecular weight excluding hydrogens is 197 g/mol. The van der Waals surface area contributed by atoms with Gasteiger partial charge in [0.15, 0.2) is 0 Å². The Labute approximate surface area is 83.1 Å². The number of piperidine rings is 1. The molecule has 1 aliphatic heterocycles. The van der Waals surface area contributed by atoms with Crippen molar-refractivity contribution in [2.24, 2.45) is 5.92 Å². The molecule has 1 heterocycles. The SMILES string of the molecule is CC(C(=O)O)C1(F)CCNCC1.Cl. The highest BCUT2D eigenvalue weighted by molar-refractivity contribution is 5.85. The molecule has 0 amide bonds. The number of hydrogen-bond donors (Lipinski definition) is 2. The van der Waals surface area contributed by atoms with E-state index in [0.29, 0.717) is 25.9 Å². The average Bonchev–Trinajstić information content (AvgIpc) is 2.04. The van der Waals surface area contributed by atoms with E-state index in [4.69, 9.17) is 5.11 Å². The first kappa shape index (κ1) is 12.7. The molecule has 1 saturated heterocycles. The molecule has 13 heavy (non-hydrogen) atoms. The molecule has 3 nitrogen and oxygen atoms in total. The van der Waals surface area contributed by atoms with Gasteiger partial charge in [-0.15, -0.1) is 12.4 Å². The van der Waals surface area contributed by atoms with Crippen LogP contribution in [0.5, 0.6) is 0 Å². The van der Waals surface area contributed by atoms with Crippen LogP contribution >= 0.6 is 12.4 Å². The summed E-state index contributed by atoms with van der Waals surface area (Å²) in [6.45, 7) is 2.59. The van der Waals surface area contributed by atoms with Crippen molar-refractivity contribution in [3.05, 3.63) is 0 Å². The summed E-state index contributed by atoms with van der Waals surface area (Å²) in [4.78, 5) is 10.5. The normalized spacial score (nSPS) is 22.9. The minimum Gasteiger partial charge on any atom is -0.481 e. The van der Waals surface area contributed by atoms with Crippen LogP contribution < -0.4 is 5.32 Å². The van der Waals surface area contributed by atoms with E-state index < -0.39 is 17.6 Å². The molecule has 2 N–H and O–H groups in total. The summed E-state index contributed by atoms with van der Waals surface area (Å²) in [7, 11) is 0. The molecule has 0 saturated carbocycles. The lowest BCUT2D eigenvalue weighted by Gasteiger charge is -2.32. The first-order chi connectivity index (χ1) is 5.56. The number of aliphatic carboxylic acids is 1. The zero-order valence-corrected chi connectivity index (χ0v) is 8.36. The molecule has 1 aliphatic rings. The van der Waals surface area contributed by atoms with Gasteiger partial charge in [0, 0.05) is 0 Å². The number of carboxylic acid groups (broad SMARTS) is 1.